The number of nitrogens with zero attached hydrogens (tertiary/aromatic N) is 3. The average molecular weight is 388 g/mol. The first-order valence-electron chi connectivity index (χ1n) is 9.33. The number of hydrogen-bond acceptors (Lipinski definition) is 5. The molecular formula is C22H20N4O3. The van der Waals surface area contributed by atoms with Crippen LogP contribution in [0.3, 0.4) is 0 Å². The molecule has 29 heavy (non-hydrogen) atoms. The Morgan fingerprint density at radius 2 is 1.83 bits per heavy atom. The Balaban J connectivity index is 1.49. The zero-order valence-corrected chi connectivity index (χ0v) is 15.7. The summed E-state index contributed by atoms with van der Waals surface area (Å²) in [5.41, 5.74) is 2.77. The van der Waals surface area contributed by atoms with Gasteiger partial charge < -0.3 is 15.0 Å². The van der Waals surface area contributed by atoms with Crippen LogP contribution in [0.5, 0.6) is 5.75 Å². The maximum atomic E-state index is 12.8. The van der Waals surface area contributed by atoms with Gasteiger partial charge in [0.2, 0.25) is 0 Å². The molecule has 3 aromatic rings. The van der Waals surface area contributed by atoms with Crippen molar-refractivity contribution in [2.75, 3.05) is 13.2 Å². The van der Waals surface area contributed by atoms with E-state index in [4.69, 9.17) is 4.74 Å². The molecule has 1 aromatic heterocycles. The molecule has 2 amide bonds. The molecule has 1 aliphatic heterocycles. The van der Waals surface area contributed by atoms with Crippen molar-refractivity contribution in [1.82, 2.24) is 20.2 Å². The van der Waals surface area contributed by atoms with E-state index in [1.807, 2.05) is 30.3 Å². The molecule has 0 spiro atoms. The molecule has 1 aliphatic rings. The summed E-state index contributed by atoms with van der Waals surface area (Å²) < 4.78 is 5.77. The molecule has 1 N–H and O–H groups in total. The topological polar surface area (TPSA) is 84.4 Å². The zero-order chi connectivity index (χ0) is 20.1. The minimum Gasteiger partial charge on any atom is -0.491 e. The summed E-state index contributed by atoms with van der Waals surface area (Å²) in [6.45, 7) is 1.62. The number of hydrogen-bond donors (Lipinski definition) is 1. The summed E-state index contributed by atoms with van der Waals surface area (Å²) in [5, 5.41) is 2.92. The number of ether oxygens (including phenoxy) is 1. The van der Waals surface area contributed by atoms with Gasteiger partial charge in [0.1, 0.15) is 18.7 Å². The Labute approximate surface area is 168 Å². The molecule has 0 unspecified atom stereocenters. The second-order valence-corrected chi connectivity index (χ2v) is 6.69. The predicted octanol–water partition coefficient (Wildman–Crippen LogP) is 2.44. The molecule has 0 aliphatic carbocycles. The predicted molar refractivity (Wildman–Crippen MR) is 106 cm³/mol. The smallest absolute Gasteiger partial charge is 0.257 e. The second kappa shape index (κ2) is 8.52. The van der Waals surface area contributed by atoms with E-state index < -0.39 is 0 Å². The minimum absolute atomic E-state index is 0.166. The van der Waals surface area contributed by atoms with Crippen molar-refractivity contribution in [2.24, 2.45) is 0 Å². The fraction of sp³-hybridized carbons (Fsp3) is 0.182. The van der Waals surface area contributed by atoms with Crippen molar-refractivity contribution < 1.29 is 14.3 Å². The number of benzene rings is 2. The SMILES string of the molecule is O=C(NCc1ccccc1)c1ccc2c(c1)CN(C(=O)c1cncnc1)CCO2. The Morgan fingerprint density at radius 3 is 2.62 bits per heavy atom. The fourth-order valence-corrected chi connectivity index (χ4v) is 3.18. The van der Waals surface area contributed by atoms with Crippen molar-refractivity contribution in [1.29, 1.82) is 0 Å². The summed E-state index contributed by atoms with van der Waals surface area (Å²) in [4.78, 5) is 34.8. The van der Waals surface area contributed by atoms with Gasteiger partial charge in [-0.2, -0.15) is 0 Å². The van der Waals surface area contributed by atoms with Crippen LogP contribution in [0.25, 0.3) is 0 Å². The Hall–Kier alpha value is -3.74. The van der Waals surface area contributed by atoms with Gasteiger partial charge >= 0.3 is 0 Å². The van der Waals surface area contributed by atoms with Crippen LogP contribution in [0, 0.1) is 0 Å². The first-order valence-corrected chi connectivity index (χ1v) is 9.33. The number of carbonyl (C=O) groups is 2. The van der Waals surface area contributed by atoms with E-state index in [1.54, 1.807) is 23.1 Å². The number of amides is 2. The third-order valence-electron chi connectivity index (χ3n) is 4.69. The quantitative estimate of drug-likeness (QED) is 0.742. The van der Waals surface area contributed by atoms with E-state index >= 15 is 0 Å². The minimum atomic E-state index is -0.171. The first-order chi connectivity index (χ1) is 14.2. The van der Waals surface area contributed by atoms with Crippen molar-refractivity contribution in [3.05, 3.63) is 89.5 Å². The van der Waals surface area contributed by atoms with Crippen LogP contribution in [-0.4, -0.2) is 39.8 Å². The average Bonchev–Trinajstić information content (AvgIpc) is 3.00. The van der Waals surface area contributed by atoms with Crippen LogP contribution in [0.4, 0.5) is 0 Å². The monoisotopic (exact) mass is 388 g/mol. The maximum absolute atomic E-state index is 12.8. The van der Waals surface area contributed by atoms with Gasteiger partial charge in [0, 0.05) is 36.6 Å². The van der Waals surface area contributed by atoms with Crippen molar-refractivity contribution in [3.8, 4) is 5.75 Å². The normalized spacial score (nSPS) is 13.0. The lowest BCUT2D eigenvalue weighted by molar-refractivity contribution is 0.0732. The lowest BCUT2D eigenvalue weighted by Crippen LogP contribution is -2.32. The van der Waals surface area contributed by atoms with E-state index in [9.17, 15) is 9.59 Å². The van der Waals surface area contributed by atoms with Crippen LogP contribution >= 0.6 is 0 Å². The molecule has 7 heteroatoms. The first kappa shape index (κ1) is 18.6. The summed E-state index contributed by atoms with van der Waals surface area (Å²) in [6.07, 6.45) is 4.38. The van der Waals surface area contributed by atoms with Gasteiger partial charge in [-0.05, 0) is 23.8 Å². The van der Waals surface area contributed by atoms with Crippen molar-refractivity contribution >= 4 is 11.8 Å². The van der Waals surface area contributed by atoms with E-state index in [-0.39, 0.29) is 11.8 Å². The molecule has 2 aromatic carbocycles. The molecule has 0 saturated carbocycles. The number of carbonyl (C=O) groups excluding carboxylic acids is 2. The van der Waals surface area contributed by atoms with Gasteiger partial charge in [-0.3, -0.25) is 9.59 Å². The molecular weight excluding hydrogens is 368 g/mol. The van der Waals surface area contributed by atoms with Gasteiger partial charge in [0.15, 0.2) is 0 Å². The molecule has 2 heterocycles. The summed E-state index contributed by atoms with van der Waals surface area (Å²) in [6, 6.07) is 15.0. The van der Waals surface area contributed by atoms with E-state index in [1.165, 1.54) is 18.7 Å². The van der Waals surface area contributed by atoms with Gasteiger partial charge in [-0.1, -0.05) is 30.3 Å². The number of fused-ring (bicyclic) bond motifs is 1. The summed E-state index contributed by atoms with van der Waals surface area (Å²) in [7, 11) is 0. The molecule has 0 saturated heterocycles. The largest absolute Gasteiger partial charge is 0.491 e. The third kappa shape index (κ3) is 4.40. The second-order valence-electron chi connectivity index (χ2n) is 6.69. The van der Waals surface area contributed by atoms with E-state index in [0.29, 0.717) is 43.1 Å². The number of aromatic nitrogens is 2. The van der Waals surface area contributed by atoms with Crippen LogP contribution in [0.2, 0.25) is 0 Å². The highest BCUT2D eigenvalue weighted by Crippen LogP contribution is 2.25. The molecule has 146 valence electrons. The summed E-state index contributed by atoms with van der Waals surface area (Å²) in [5.74, 6) is 0.348. The highest BCUT2D eigenvalue weighted by molar-refractivity contribution is 5.95. The molecule has 7 nitrogen and oxygen atoms in total. The van der Waals surface area contributed by atoms with Crippen LogP contribution in [0.15, 0.2) is 67.3 Å². The molecule has 0 fully saturated rings. The standard InChI is InChI=1S/C22H20N4O3/c27-21(25-11-16-4-2-1-3-5-16)17-6-7-20-18(10-17)14-26(8-9-29-20)22(28)19-12-23-15-24-13-19/h1-7,10,12-13,15H,8-9,11,14H2,(H,25,27). The van der Waals surface area contributed by atoms with Crippen molar-refractivity contribution in [3.63, 3.8) is 0 Å². The zero-order valence-electron chi connectivity index (χ0n) is 15.7. The molecule has 0 radical (unpaired) electrons. The van der Waals surface area contributed by atoms with Gasteiger partial charge in [-0.25, -0.2) is 9.97 Å². The highest BCUT2D eigenvalue weighted by Gasteiger charge is 2.22. The van der Waals surface area contributed by atoms with Crippen molar-refractivity contribution in [2.45, 2.75) is 13.1 Å². The van der Waals surface area contributed by atoms with Crippen LogP contribution in [-0.2, 0) is 13.1 Å². The highest BCUT2D eigenvalue weighted by atomic mass is 16.5. The van der Waals surface area contributed by atoms with Gasteiger partial charge in [-0.15, -0.1) is 0 Å². The van der Waals surface area contributed by atoms with Crippen LogP contribution < -0.4 is 10.1 Å². The molecule has 0 bridgehead atoms. The maximum Gasteiger partial charge on any atom is 0.257 e. The van der Waals surface area contributed by atoms with E-state index in [0.717, 1.165) is 11.1 Å². The fourth-order valence-electron chi connectivity index (χ4n) is 3.18. The number of nitrogens with one attached hydrogen (secondary N) is 1. The third-order valence-corrected chi connectivity index (χ3v) is 4.69. The summed E-state index contributed by atoms with van der Waals surface area (Å²) >= 11 is 0. The number of rotatable bonds is 4. The van der Waals surface area contributed by atoms with Crippen LogP contribution in [0.1, 0.15) is 31.8 Å². The van der Waals surface area contributed by atoms with Gasteiger partial charge in [0.25, 0.3) is 11.8 Å². The Morgan fingerprint density at radius 1 is 1.03 bits per heavy atom. The van der Waals surface area contributed by atoms with Gasteiger partial charge in [0.05, 0.1) is 12.1 Å². The Kier molecular flexibility index (Phi) is 5.47. The molecule has 4 rings (SSSR count). The lowest BCUT2D eigenvalue weighted by Gasteiger charge is -2.19. The Bertz CT molecular complexity index is 1010. The lowest BCUT2D eigenvalue weighted by atomic mass is 10.1. The molecule has 0 atom stereocenters. The van der Waals surface area contributed by atoms with E-state index in [2.05, 4.69) is 15.3 Å².